The average Bonchev–Trinajstić information content (AvgIpc) is 2.61. The molecule has 0 N–H and O–H groups in total. The van der Waals surface area contributed by atoms with Crippen molar-refractivity contribution in [3.05, 3.63) is 42.0 Å². The van der Waals surface area contributed by atoms with Crippen LogP contribution in [0.5, 0.6) is 0 Å². The second kappa shape index (κ2) is 10.6. The molecule has 0 radical (unpaired) electrons. The molecule has 0 spiro atoms. The molecule has 1 aromatic rings. The summed E-state index contributed by atoms with van der Waals surface area (Å²) in [5.41, 5.74) is 0.989. The highest BCUT2D eigenvalue weighted by atomic mass is 16.5. The number of rotatable bonds is 3. The molecule has 4 heteroatoms. The van der Waals surface area contributed by atoms with Crippen LogP contribution >= 0.6 is 0 Å². The van der Waals surface area contributed by atoms with Gasteiger partial charge in [-0.05, 0) is 24.5 Å². The van der Waals surface area contributed by atoms with Crippen molar-refractivity contribution in [1.29, 1.82) is 0 Å². The van der Waals surface area contributed by atoms with Gasteiger partial charge in [-0.25, -0.2) is 4.79 Å². The van der Waals surface area contributed by atoms with Crippen molar-refractivity contribution in [2.45, 2.75) is 32.1 Å². The van der Waals surface area contributed by atoms with E-state index in [9.17, 15) is 9.59 Å². The molecule has 0 amide bonds. The van der Waals surface area contributed by atoms with Gasteiger partial charge in [0.15, 0.2) is 0 Å². The number of benzene rings is 1. The maximum Gasteiger partial charge on any atom is 0.330 e. The monoisotopic (exact) mass is 304 g/mol. The lowest BCUT2D eigenvalue weighted by Crippen LogP contribution is -2.18. The predicted octanol–water partition coefficient (Wildman–Crippen LogP) is 3.61. The Morgan fingerprint density at radius 3 is 2.18 bits per heavy atom. The SMILES string of the molecule is COC(=O)C1CCCCC1.COC(=O)C=Cc1ccccc1. The van der Waals surface area contributed by atoms with Crippen molar-refractivity contribution in [2.75, 3.05) is 14.2 Å². The molecule has 0 bridgehead atoms. The zero-order valence-electron chi connectivity index (χ0n) is 13.3. The van der Waals surface area contributed by atoms with Crippen molar-refractivity contribution >= 4 is 18.0 Å². The molecule has 4 nitrogen and oxygen atoms in total. The number of ether oxygens (including phenoxy) is 2. The van der Waals surface area contributed by atoms with Crippen LogP contribution < -0.4 is 0 Å². The molecule has 2 rings (SSSR count). The molecule has 1 fully saturated rings. The summed E-state index contributed by atoms with van der Waals surface area (Å²) in [6, 6.07) is 9.59. The quantitative estimate of drug-likeness (QED) is 0.632. The van der Waals surface area contributed by atoms with Crippen LogP contribution in [0.2, 0.25) is 0 Å². The predicted molar refractivity (Wildman–Crippen MR) is 86.1 cm³/mol. The number of hydrogen-bond donors (Lipinski definition) is 0. The summed E-state index contributed by atoms with van der Waals surface area (Å²) in [4.78, 5) is 21.6. The summed E-state index contributed by atoms with van der Waals surface area (Å²) < 4.78 is 9.10. The molecule has 1 aliphatic carbocycles. The lowest BCUT2D eigenvalue weighted by molar-refractivity contribution is -0.146. The molecule has 0 saturated heterocycles. The highest BCUT2D eigenvalue weighted by Crippen LogP contribution is 2.24. The normalized spacial score (nSPS) is 14.8. The van der Waals surface area contributed by atoms with Gasteiger partial charge in [-0.2, -0.15) is 0 Å². The zero-order valence-corrected chi connectivity index (χ0v) is 13.3. The fourth-order valence-electron chi connectivity index (χ4n) is 2.30. The van der Waals surface area contributed by atoms with Gasteiger partial charge in [-0.3, -0.25) is 4.79 Å². The fourth-order valence-corrected chi connectivity index (χ4v) is 2.30. The van der Waals surface area contributed by atoms with Crippen molar-refractivity contribution in [3.8, 4) is 0 Å². The van der Waals surface area contributed by atoms with Crippen molar-refractivity contribution < 1.29 is 19.1 Å². The van der Waals surface area contributed by atoms with Gasteiger partial charge < -0.3 is 9.47 Å². The second-order valence-electron chi connectivity index (χ2n) is 5.13. The van der Waals surface area contributed by atoms with Crippen molar-refractivity contribution in [1.82, 2.24) is 0 Å². The van der Waals surface area contributed by atoms with Crippen LogP contribution in [0.3, 0.4) is 0 Å². The number of methoxy groups -OCH3 is 2. The van der Waals surface area contributed by atoms with E-state index in [1.807, 2.05) is 30.3 Å². The number of carbonyl (C=O) groups excluding carboxylic acids is 2. The van der Waals surface area contributed by atoms with E-state index >= 15 is 0 Å². The van der Waals surface area contributed by atoms with E-state index in [2.05, 4.69) is 9.47 Å². The van der Waals surface area contributed by atoms with Gasteiger partial charge in [-0.15, -0.1) is 0 Å². The molecule has 1 aromatic carbocycles. The first-order chi connectivity index (χ1) is 10.7. The van der Waals surface area contributed by atoms with Gasteiger partial charge in [-0.1, -0.05) is 49.6 Å². The first-order valence-electron chi connectivity index (χ1n) is 7.56. The minimum absolute atomic E-state index is 0.0142. The lowest BCUT2D eigenvalue weighted by Gasteiger charge is -2.18. The Morgan fingerprint density at radius 2 is 1.64 bits per heavy atom. The van der Waals surface area contributed by atoms with E-state index in [0.29, 0.717) is 0 Å². The summed E-state index contributed by atoms with van der Waals surface area (Å²) in [7, 11) is 2.83. The topological polar surface area (TPSA) is 52.6 Å². The highest BCUT2D eigenvalue weighted by Gasteiger charge is 2.20. The average molecular weight is 304 g/mol. The van der Waals surface area contributed by atoms with E-state index in [0.717, 1.165) is 18.4 Å². The molecule has 1 aliphatic rings. The van der Waals surface area contributed by atoms with Crippen LogP contribution in [-0.2, 0) is 19.1 Å². The molecule has 120 valence electrons. The maximum atomic E-state index is 10.9. The lowest BCUT2D eigenvalue weighted by atomic mass is 9.89. The Hall–Kier alpha value is -2.10. The standard InChI is InChI=1S/C10H10O2.C8H14O2/c1-12-10(11)8-7-9-5-3-2-4-6-9;1-10-8(9)7-5-3-2-4-6-7/h2-8H,1H3;7H,2-6H2,1H3. The van der Waals surface area contributed by atoms with Crippen molar-refractivity contribution in [2.24, 2.45) is 5.92 Å². The third-order valence-corrected chi connectivity index (χ3v) is 3.55. The zero-order chi connectivity index (χ0) is 16.2. The molecule has 0 heterocycles. The summed E-state index contributed by atoms with van der Waals surface area (Å²) in [5, 5.41) is 0. The molecule has 1 saturated carbocycles. The van der Waals surface area contributed by atoms with E-state index in [1.54, 1.807) is 6.08 Å². The molecule has 0 unspecified atom stereocenters. The Balaban J connectivity index is 0.000000224. The van der Waals surface area contributed by atoms with Gasteiger partial charge in [0.05, 0.1) is 20.1 Å². The third-order valence-electron chi connectivity index (χ3n) is 3.55. The molecule has 0 atom stereocenters. The Morgan fingerprint density at radius 1 is 1.00 bits per heavy atom. The number of carbonyl (C=O) groups is 2. The largest absolute Gasteiger partial charge is 0.469 e. The summed E-state index contributed by atoms with van der Waals surface area (Å²) in [6.07, 6.45) is 8.85. The van der Waals surface area contributed by atoms with Gasteiger partial charge in [0.2, 0.25) is 0 Å². The first kappa shape index (κ1) is 18.0. The Labute approximate surface area is 132 Å². The van der Waals surface area contributed by atoms with Gasteiger partial charge in [0.1, 0.15) is 0 Å². The summed E-state index contributed by atoms with van der Waals surface area (Å²) in [5.74, 6) is -0.141. The summed E-state index contributed by atoms with van der Waals surface area (Å²) >= 11 is 0. The molecular weight excluding hydrogens is 280 g/mol. The van der Waals surface area contributed by atoms with E-state index in [-0.39, 0.29) is 17.9 Å². The number of esters is 2. The van der Waals surface area contributed by atoms with E-state index in [4.69, 9.17) is 0 Å². The first-order valence-corrected chi connectivity index (χ1v) is 7.56. The smallest absolute Gasteiger partial charge is 0.330 e. The molecule has 22 heavy (non-hydrogen) atoms. The molecule has 0 aliphatic heterocycles. The van der Waals surface area contributed by atoms with Crippen LogP contribution in [0, 0.1) is 5.92 Å². The minimum atomic E-state index is -0.334. The molecule has 0 aromatic heterocycles. The third kappa shape index (κ3) is 7.07. The van der Waals surface area contributed by atoms with Gasteiger partial charge in [0.25, 0.3) is 0 Å². The van der Waals surface area contributed by atoms with Gasteiger partial charge >= 0.3 is 11.9 Å². The Bertz CT molecular complexity index is 473. The fraction of sp³-hybridized carbons (Fsp3) is 0.444. The summed E-state index contributed by atoms with van der Waals surface area (Å²) in [6.45, 7) is 0. The van der Waals surface area contributed by atoms with E-state index in [1.165, 1.54) is 39.6 Å². The van der Waals surface area contributed by atoms with Gasteiger partial charge in [0, 0.05) is 6.08 Å². The van der Waals surface area contributed by atoms with Crippen LogP contribution in [0.25, 0.3) is 6.08 Å². The highest BCUT2D eigenvalue weighted by molar-refractivity contribution is 5.86. The van der Waals surface area contributed by atoms with Crippen LogP contribution in [0.1, 0.15) is 37.7 Å². The van der Waals surface area contributed by atoms with Crippen LogP contribution in [0.15, 0.2) is 36.4 Å². The second-order valence-corrected chi connectivity index (χ2v) is 5.13. The van der Waals surface area contributed by atoms with Crippen LogP contribution in [-0.4, -0.2) is 26.2 Å². The van der Waals surface area contributed by atoms with E-state index < -0.39 is 0 Å². The molecular formula is C18H24O4. The number of hydrogen-bond acceptors (Lipinski definition) is 4. The van der Waals surface area contributed by atoms with Crippen molar-refractivity contribution in [3.63, 3.8) is 0 Å². The Kier molecular flexibility index (Phi) is 8.65. The minimum Gasteiger partial charge on any atom is -0.469 e. The van der Waals surface area contributed by atoms with Crippen LogP contribution in [0.4, 0.5) is 0 Å². The maximum absolute atomic E-state index is 10.9.